The predicted octanol–water partition coefficient (Wildman–Crippen LogP) is 4.43. The molecule has 1 aliphatic heterocycles. The van der Waals surface area contributed by atoms with Gasteiger partial charge in [-0.1, -0.05) is 0 Å². The molecule has 0 aliphatic carbocycles. The Morgan fingerprint density at radius 2 is 1.86 bits per heavy atom. The third-order valence-electron chi connectivity index (χ3n) is 4.36. The molecule has 22 heavy (non-hydrogen) atoms. The van der Waals surface area contributed by atoms with E-state index in [1.54, 1.807) is 3.58 Å². The summed E-state index contributed by atoms with van der Waals surface area (Å²) in [6, 6.07) is 13.3. The van der Waals surface area contributed by atoms with Crippen molar-refractivity contribution in [2.75, 3.05) is 6.61 Å². The van der Waals surface area contributed by atoms with Crippen LogP contribution in [0.5, 0.6) is 0 Å². The summed E-state index contributed by atoms with van der Waals surface area (Å²) < 4.78 is 13.3. The molecule has 2 aromatic carbocycles. The van der Waals surface area contributed by atoms with E-state index in [2.05, 4.69) is 51.2 Å². The molecule has 0 bridgehead atoms. The van der Waals surface area contributed by atoms with Gasteiger partial charge in [0.05, 0.1) is 0 Å². The third kappa shape index (κ3) is 3.66. The van der Waals surface area contributed by atoms with Gasteiger partial charge in [0.1, 0.15) is 0 Å². The van der Waals surface area contributed by atoms with E-state index in [0.29, 0.717) is 6.61 Å². The van der Waals surface area contributed by atoms with Crippen LogP contribution in [-0.2, 0) is 16.1 Å². The van der Waals surface area contributed by atoms with E-state index in [1.807, 2.05) is 0 Å². The van der Waals surface area contributed by atoms with E-state index in [4.69, 9.17) is 9.47 Å². The van der Waals surface area contributed by atoms with E-state index >= 15 is 0 Å². The molecular weight excluding hydrogens is 379 g/mol. The minimum atomic E-state index is -2.16. The molecule has 1 atom stereocenters. The van der Waals surface area contributed by atoms with Crippen LogP contribution >= 0.6 is 0 Å². The fraction of sp³-hybridized carbons (Fsp3) is 0.474. The molecule has 3 rings (SSSR count). The van der Waals surface area contributed by atoms with Crippen molar-refractivity contribution in [3.8, 4) is 0 Å². The van der Waals surface area contributed by atoms with Crippen LogP contribution in [-0.4, -0.2) is 31.3 Å². The summed E-state index contributed by atoms with van der Waals surface area (Å²) in [5.74, 6) is 0. The second kappa shape index (κ2) is 6.89. The maximum atomic E-state index is 6.05. The standard InChI is InChI=1S/C16H17O2.3CH3.Sn/c1-2-9-15-13(6-1)7-5-8-14(15)12-18-16-10-3-4-11-17-16;;;;/h1-2,5-8,16H,3-4,10-12H2;3*1H3;/t16-;;;;/m0..../s1. The molecule has 118 valence electrons. The van der Waals surface area contributed by atoms with E-state index in [1.165, 1.54) is 22.8 Å². The van der Waals surface area contributed by atoms with Gasteiger partial charge < -0.3 is 0 Å². The first kappa shape index (κ1) is 16.3. The number of benzene rings is 2. The van der Waals surface area contributed by atoms with Crippen LogP contribution in [0.25, 0.3) is 10.8 Å². The van der Waals surface area contributed by atoms with Crippen molar-refractivity contribution in [2.24, 2.45) is 0 Å². The van der Waals surface area contributed by atoms with Crippen LogP contribution in [0.2, 0.25) is 14.8 Å². The Balaban J connectivity index is 1.91. The minimum absolute atomic E-state index is 0.0191. The molecular formula is C19H26O2Sn. The molecule has 0 amide bonds. The SMILES string of the molecule is [CH3][Sn]([CH3])([CH3])[c]1cccc2cccc(CO[C@H]3CCCCO3)c12. The first-order valence-electron chi connectivity index (χ1n) is 8.30. The number of hydrogen-bond donors (Lipinski definition) is 0. The number of ether oxygens (including phenoxy) is 2. The zero-order chi connectivity index (χ0) is 15.6. The van der Waals surface area contributed by atoms with Gasteiger partial charge in [-0.25, -0.2) is 0 Å². The van der Waals surface area contributed by atoms with Crippen LogP contribution in [0, 0.1) is 0 Å². The Morgan fingerprint density at radius 3 is 2.55 bits per heavy atom. The van der Waals surface area contributed by atoms with Gasteiger partial charge >= 0.3 is 138 Å². The third-order valence-corrected chi connectivity index (χ3v) is 10.2. The molecule has 0 saturated carbocycles. The molecule has 3 heteroatoms. The van der Waals surface area contributed by atoms with Crippen molar-refractivity contribution in [2.45, 2.75) is 47.0 Å². The second-order valence-electron chi connectivity index (χ2n) is 7.18. The average molecular weight is 405 g/mol. The molecule has 1 saturated heterocycles. The van der Waals surface area contributed by atoms with Gasteiger partial charge in [0.2, 0.25) is 0 Å². The topological polar surface area (TPSA) is 18.5 Å². The fourth-order valence-electron chi connectivity index (χ4n) is 3.19. The number of fused-ring (bicyclic) bond motifs is 1. The predicted molar refractivity (Wildman–Crippen MR) is 95.3 cm³/mol. The summed E-state index contributed by atoms with van der Waals surface area (Å²) >= 11 is -2.16. The molecule has 2 aromatic rings. The van der Waals surface area contributed by atoms with Crippen molar-refractivity contribution in [1.82, 2.24) is 0 Å². The first-order valence-corrected chi connectivity index (χ1v) is 18.3. The van der Waals surface area contributed by atoms with E-state index < -0.39 is 18.4 Å². The van der Waals surface area contributed by atoms with Crippen LogP contribution in [0.4, 0.5) is 0 Å². The van der Waals surface area contributed by atoms with Gasteiger partial charge in [-0.15, -0.1) is 0 Å². The Bertz CT molecular complexity index is 634. The van der Waals surface area contributed by atoms with Gasteiger partial charge in [-0.05, 0) is 0 Å². The van der Waals surface area contributed by atoms with Crippen molar-refractivity contribution < 1.29 is 9.47 Å². The quantitative estimate of drug-likeness (QED) is 0.702. The Labute approximate surface area is 137 Å². The van der Waals surface area contributed by atoms with E-state index in [9.17, 15) is 0 Å². The number of hydrogen-bond acceptors (Lipinski definition) is 2. The Hall–Kier alpha value is -0.581. The Morgan fingerprint density at radius 1 is 1.09 bits per heavy atom. The van der Waals surface area contributed by atoms with Gasteiger partial charge in [-0.3, -0.25) is 0 Å². The summed E-state index contributed by atoms with van der Waals surface area (Å²) in [4.78, 5) is 7.43. The van der Waals surface area contributed by atoms with E-state index in [-0.39, 0.29) is 6.29 Å². The zero-order valence-corrected chi connectivity index (χ0v) is 16.7. The maximum absolute atomic E-state index is 6.05. The van der Waals surface area contributed by atoms with Crippen LogP contribution in [0.15, 0.2) is 36.4 Å². The van der Waals surface area contributed by atoms with Crippen LogP contribution < -0.4 is 3.58 Å². The molecule has 0 spiro atoms. The van der Waals surface area contributed by atoms with Crippen molar-refractivity contribution in [1.29, 1.82) is 0 Å². The normalized spacial score (nSPS) is 19.5. The average Bonchev–Trinajstić information content (AvgIpc) is 2.52. The first-order chi connectivity index (χ1) is 10.6. The van der Waals surface area contributed by atoms with Crippen molar-refractivity contribution in [3.05, 3.63) is 42.0 Å². The second-order valence-corrected chi connectivity index (χ2v) is 21.6. The van der Waals surface area contributed by atoms with Gasteiger partial charge in [0.15, 0.2) is 0 Å². The van der Waals surface area contributed by atoms with Gasteiger partial charge in [0.25, 0.3) is 0 Å². The van der Waals surface area contributed by atoms with Gasteiger partial charge in [-0.2, -0.15) is 0 Å². The summed E-state index contributed by atoms with van der Waals surface area (Å²) in [7, 11) is 0. The Kier molecular flexibility index (Phi) is 5.10. The summed E-state index contributed by atoms with van der Waals surface area (Å²) in [6.45, 7) is 1.49. The van der Waals surface area contributed by atoms with E-state index in [0.717, 1.165) is 19.4 Å². The molecule has 0 unspecified atom stereocenters. The van der Waals surface area contributed by atoms with Crippen molar-refractivity contribution in [3.63, 3.8) is 0 Å². The van der Waals surface area contributed by atoms with Crippen LogP contribution in [0.3, 0.4) is 0 Å². The molecule has 2 nitrogen and oxygen atoms in total. The summed E-state index contributed by atoms with van der Waals surface area (Å²) in [6.07, 6.45) is 3.38. The molecule has 1 aliphatic rings. The summed E-state index contributed by atoms with van der Waals surface area (Å²) in [5.41, 5.74) is 1.31. The molecule has 1 heterocycles. The monoisotopic (exact) mass is 406 g/mol. The zero-order valence-electron chi connectivity index (χ0n) is 13.9. The van der Waals surface area contributed by atoms with Crippen LogP contribution in [0.1, 0.15) is 24.8 Å². The molecule has 0 radical (unpaired) electrons. The molecule has 0 aromatic heterocycles. The summed E-state index contributed by atoms with van der Waals surface area (Å²) in [5, 5.41) is 2.78. The molecule has 0 N–H and O–H groups in total. The fourth-order valence-corrected chi connectivity index (χ4v) is 7.90. The molecule has 1 fully saturated rings. The van der Waals surface area contributed by atoms with Crippen molar-refractivity contribution >= 4 is 32.7 Å². The van der Waals surface area contributed by atoms with Gasteiger partial charge in [0, 0.05) is 0 Å². The number of rotatable bonds is 4.